The van der Waals surface area contributed by atoms with Crippen molar-refractivity contribution in [3.63, 3.8) is 0 Å². The van der Waals surface area contributed by atoms with Gasteiger partial charge in [-0.1, -0.05) is 0 Å². The fourth-order valence-corrected chi connectivity index (χ4v) is 8.12. The van der Waals surface area contributed by atoms with Crippen molar-refractivity contribution in [2.75, 3.05) is 12.8 Å². The lowest BCUT2D eigenvalue weighted by Gasteiger charge is -2.21. The molecular formula is C12H20N2O19P4. The molecule has 1 aliphatic rings. The van der Waals surface area contributed by atoms with Crippen LogP contribution in [0.4, 0.5) is 0 Å². The average molecular weight is 620 g/mol. The van der Waals surface area contributed by atoms with E-state index in [1.165, 1.54) is 0 Å². The van der Waals surface area contributed by atoms with Gasteiger partial charge in [0, 0.05) is 12.3 Å². The van der Waals surface area contributed by atoms with Crippen molar-refractivity contribution < 1.29 is 80.1 Å². The Morgan fingerprint density at radius 1 is 0.973 bits per heavy atom. The van der Waals surface area contributed by atoms with Crippen molar-refractivity contribution in [1.29, 1.82) is 0 Å². The Labute approximate surface area is 204 Å². The third-order valence-electron chi connectivity index (χ3n) is 4.12. The van der Waals surface area contributed by atoms with E-state index in [0.29, 0.717) is 4.57 Å². The molecule has 1 aromatic rings. The number of phosphoric acid groups is 3. The zero-order chi connectivity index (χ0) is 28.4. The number of nitrogens with one attached hydrogen (secondary N) is 1. The summed E-state index contributed by atoms with van der Waals surface area (Å²) in [6.45, 7) is -1.16. The Morgan fingerprint density at radius 3 is 2.11 bits per heavy atom. The fraction of sp³-hybridized carbons (Fsp3) is 0.583. The number of aromatic nitrogens is 2. The highest BCUT2D eigenvalue weighted by Crippen LogP contribution is 2.71. The van der Waals surface area contributed by atoms with Crippen molar-refractivity contribution >= 4 is 37.0 Å². The summed E-state index contributed by atoms with van der Waals surface area (Å²) >= 11 is 0. The molecule has 1 aliphatic heterocycles. The van der Waals surface area contributed by atoms with Crippen LogP contribution in [0.1, 0.15) is 12.6 Å². The number of carboxylic acid groups (broad SMARTS) is 1. The van der Waals surface area contributed by atoms with E-state index in [1.54, 1.807) is 0 Å². The maximum absolute atomic E-state index is 12.0. The molecule has 2 rings (SSSR count). The molecule has 212 valence electrons. The molecule has 0 aromatic carbocycles. The first-order valence-corrected chi connectivity index (χ1v) is 15.6. The predicted molar refractivity (Wildman–Crippen MR) is 113 cm³/mol. The molecule has 8 N–H and O–H groups in total. The van der Waals surface area contributed by atoms with Crippen LogP contribution >= 0.6 is 31.1 Å². The van der Waals surface area contributed by atoms with Crippen molar-refractivity contribution in [1.82, 2.24) is 9.55 Å². The zero-order valence-electron chi connectivity index (χ0n) is 17.9. The lowest BCUT2D eigenvalue weighted by Crippen LogP contribution is -2.37. The van der Waals surface area contributed by atoms with E-state index < -0.39 is 92.0 Å². The van der Waals surface area contributed by atoms with E-state index in [2.05, 4.69) is 17.5 Å². The van der Waals surface area contributed by atoms with E-state index in [-0.39, 0.29) is 0 Å². The Bertz CT molecular complexity index is 1310. The van der Waals surface area contributed by atoms with Gasteiger partial charge in [-0.2, -0.15) is 8.62 Å². The van der Waals surface area contributed by atoms with E-state index in [1.807, 2.05) is 4.98 Å². The molecule has 1 saturated heterocycles. The molecule has 37 heavy (non-hydrogen) atoms. The number of rotatable bonds is 13. The molecule has 0 aliphatic carbocycles. The van der Waals surface area contributed by atoms with Crippen LogP contribution in [0.25, 0.3) is 0 Å². The van der Waals surface area contributed by atoms with Crippen LogP contribution in [0.5, 0.6) is 0 Å². The van der Waals surface area contributed by atoms with Crippen LogP contribution in [-0.4, -0.2) is 81.5 Å². The predicted octanol–water partition coefficient (Wildman–Crippen LogP) is -1.82. The van der Waals surface area contributed by atoms with Gasteiger partial charge in [-0.3, -0.25) is 28.2 Å². The van der Waals surface area contributed by atoms with Gasteiger partial charge in [-0.05, 0) is 0 Å². The van der Waals surface area contributed by atoms with Crippen LogP contribution in [0.15, 0.2) is 21.9 Å². The first-order valence-electron chi connectivity index (χ1n) is 9.36. The number of phosphoric ester groups is 1. The summed E-state index contributed by atoms with van der Waals surface area (Å²) in [6, 6.07) is 0.883. The normalized spacial score (nSPS) is 28.5. The molecule has 0 amide bonds. The third kappa shape index (κ3) is 9.71. The van der Waals surface area contributed by atoms with Gasteiger partial charge in [-0.25, -0.2) is 22.8 Å². The molecule has 2 heterocycles. The number of hydrogen-bond acceptors (Lipinski definition) is 14. The number of aliphatic hydroxyl groups excluding tert-OH is 2. The number of H-pyrrole nitrogens is 1. The number of carboxylic acids is 1. The number of aromatic amines is 1. The lowest BCUT2D eigenvalue weighted by molar-refractivity contribution is -0.136. The van der Waals surface area contributed by atoms with Gasteiger partial charge < -0.3 is 39.6 Å². The molecule has 8 atom stereocenters. The third-order valence-corrected chi connectivity index (χ3v) is 10.5. The second-order valence-electron chi connectivity index (χ2n) is 7.01. The van der Waals surface area contributed by atoms with Gasteiger partial charge >= 0.3 is 42.7 Å². The highest BCUT2D eigenvalue weighted by molar-refractivity contribution is 7.70. The number of hydrogen-bond donors (Lipinski definition) is 8. The molecular weight excluding hydrogens is 600 g/mol. The number of nitrogens with zero attached hydrogens (tertiary/aromatic N) is 1. The summed E-state index contributed by atoms with van der Waals surface area (Å²) in [4.78, 5) is 73.0. The fourth-order valence-electron chi connectivity index (χ4n) is 2.65. The van der Waals surface area contributed by atoms with E-state index in [0.717, 1.165) is 12.3 Å². The van der Waals surface area contributed by atoms with Gasteiger partial charge in [0.05, 0.1) is 19.2 Å². The number of carbonyl (C=O) groups is 1. The largest absolute Gasteiger partial charge is 0.490 e. The minimum Gasteiger partial charge on any atom is -0.481 e. The highest BCUT2D eigenvalue weighted by atomic mass is 31.3. The van der Waals surface area contributed by atoms with Gasteiger partial charge in [0.1, 0.15) is 18.3 Å². The molecule has 0 radical (unpaired) electrons. The molecule has 21 nitrogen and oxygen atoms in total. The smallest absolute Gasteiger partial charge is 0.481 e. The number of aliphatic hydroxyl groups is 2. The first-order chi connectivity index (χ1) is 16.7. The summed E-state index contributed by atoms with van der Waals surface area (Å²) in [6.07, 6.45) is -8.33. The lowest BCUT2D eigenvalue weighted by atomic mass is 10.1. The average Bonchev–Trinajstić information content (AvgIpc) is 2.97. The monoisotopic (exact) mass is 620 g/mol. The standard InChI is InChI=1S/C12H20N2O19P4/c15-7-1-3-14(12(20)13-7)11-10(19)9(18)6(30-11)5-29-35(23,24)32-37(27,28)33-36(25,26)31-34(21,22)4-2-8(16)17/h1,3,6,9-11,18-19H,2,4-5H2,(H,16,17)(H,21,22)(H,23,24)(H,25,26)(H,27,28)(H,13,15,20). The van der Waals surface area contributed by atoms with E-state index in [9.17, 15) is 62.4 Å². The summed E-state index contributed by atoms with van der Waals surface area (Å²) in [5, 5.41) is 28.6. The topological polar surface area (TPSA) is 328 Å². The van der Waals surface area contributed by atoms with E-state index in [4.69, 9.17) is 9.84 Å². The number of aliphatic carboxylic acids is 1. The first kappa shape index (κ1) is 31.8. The van der Waals surface area contributed by atoms with Gasteiger partial charge in [0.15, 0.2) is 6.23 Å². The van der Waals surface area contributed by atoms with Crippen molar-refractivity contribution in [3.05, 3.63) is 33.1 Å². The Morgan fingerprint density at radius 2 is 1.54 bits per heavy atom. The quantitative estimate of drug-likeness (QED) is 0.113. The molecule has 25 heteroatoms. The second-order valence-corrected chi connectivity index (χ2v) is 13.8. The minimum atomic E-state index is -6.08. The molecule has 1 aromatic heterocycles. The number of ether oxygens (including phenoxy) is 1. The Hall–Kier alpha value is -1.37. The van der Waals surface area contributed by atoms with Crippen LogP contribution in [0.3, 0.4) is 0 Å². The van der Waals surface area contributed by atoms with Crippen molar-refractivity contribution in [2.24, 2.45) is 0 Å². The Kier molecular flexibility index (Phi) is 10.1. The molecule has 0 spiro atoms. The summed E-state index contributed by atoms with van der Waals surface area (Å²) in [7, 11) is -22.9. The van der Waals surface area contributed by atoms with Crippen LogP contribution in [0.2, 0.25) is 0 Å². The van der Waals surface area contributed by atoms with Crippen molar-refractivity contribution in [3.8, 4) is 0 Å². The molecule has 8 unspecified atom stereocenters. The highest BCUT2D eigenvalue weighted by Gasteiger charge is 2.48. The molecule has 1 fully saturated rings. The SMILES string of the molecule is O=C(O)CCP(=O)(O)OP(=O)(O)OP(=O)(O)OP(=O)(O)OCC1OC(n2ccc(=O)[nH]c2=O)C(O)C1O. The van der Waals surface area contributed by atoms with E-state index >= 15 is 0 Å². The molecule has 0 bridgehead atoms. The van der Waals surface area contributed by atoms with Crippen LogP contribution in [0, 0.1) is 0 Å². The Balaban J connectivity index is 2.01. The van der Waals surface area contributed by atoms with Gasteiger partial charge in [-0.15, -0.1) is 0 Å². The zero-order valence-corrected chi connectivity index (χ0v) is 21.4. The maximum Gasteiger partial charge on any atom is 0.490 e. The molecule has 0 saturated carbocycles. The second kappa shape index (κ2) is 11.8. The summed E-state index contributed by atoms with van der Waals surface area (Å²) in [5.41, 5.74) is -1.84. The van der Waals surface area contributed by atoms with Gasteiger partial charge in [0.2, 0.25) is 0 Å². The maximum atomic E-state index is 12.0. The van der Waals surface area contributed by atoms with Crippen molar-refractivity contribution in [2.45, 2.75) is 31.0 Å². The minimum absolute atomic E-state index is 0.662. The van der Waals surface area contributed by atoms with Gasteiger partial charge in [0.25, 0.3) is 5.56 Å². The van der Waals surface area contributed by atoms with Crippen LogP contribution < -0.4 is 11.2 Å². The summed E-state index contributed by atoms with van der Waals surface area (Å²) < 4.78 is 68.4. The summed E-state index contributed by atoms with van der Waals surface area (Å²) in [5.74, 6) is -1.60. The van der Waals surface area contributed by atoms with Crippen LogP contribution in [-0.2, 0) is 45.2 Å².